The summed E-state index contributed by atoms with van der Waals surface area (Å²) >= 11 is 0. The SMILES string of the molecule is CCn1cnc(-c2ccc(OC(F)(F)F)cc2)c1N. The number of aromatic nitrogens is 2. The van der Waals surface area contributed by atoms with Crippen LogP contribution in [0.2, 0.25) is 0 Å². The number of ether oxygens (including phenoxy) is 1. The molecule has 0 aliphatic heterocycles. The van der Waals surface area contributed by atoms with E-state index < -0.39 is 6.36 Å². The van der Waals surface area contributed by atoms with Gasteiger partial charge < -0.3 is 15.0 Å². The van der Waals surface area contributed by atoms with E-state index in [0.717, 1.165) is 0 Å². The highest BCUT2D eigenvalue weighted by molar-refractivity contribution is 5.70. The number of nitrogen functional groups attached to an aromatic ring is 1. The Morgan fingerprint density at radius 2 is 1.89 bits per heavy atom. The molecule has 4 nitrogen and oxygen atoms in total. The molecule has 0 saturated heterocycles. The zero-order chi connectivity index (χ0) is 14.0. The molecule has 7 heteroatoms. The molecule has 1 aromatic carbocycles. The first kappa shape index (κ1) is 13.3. The van der Waals surface area contributed by atoms with Gasteiger partial charge in [0.15, 0.2) is 0 Å². The number of benzene rings is 1. The lowest BCUT2D eigenvalue weighted by Gasteiger charge is -2.09. The lowest BCUT2D eigenvalue weighted by atomic mass is 10.1. The summed E-state index contributed by atoms with van der Waals surface area (Å²) in [5, 5.41) is 0. The van der Waals surface area contributed by atoms with Crippen molar-refractivity contribution in [2.24, 2.45) is 0 Å². The minimum Gasteiger partial charge on any atom is -0.406 e. The first-order chi connectivity index (χ1) is 8.90. The average molecular weight is 271 g/mol. The lowest BCUT2D eigenvalue weighted by Crippen LogP contribution is -2.16. The summed E-state index contributed by atoms with van der Waals surface area (Å²) in [6, 6.07) is 5.43. The molecule has 102 valence electrons. The summed E-state index contributed by atoms with van der Waals surface area (Å²) in [7, 11) is 0. The summed E-state index contributed by atoms with van der Waals surface area (Å²) < 4.78 is 41.6. The normalized spacial score (nSPS) is 11.6. The van der Waals surface area contributed by atoms with Crippen molar-refractivity contribution >= 4 is 5.82 Å². The first-order valence-corrected chi connectivity index (χ1v) is 5.57. The highest BCUT2D eigenvalue weighted by Gasteiger charge is 2.31. The lowest BCUT2D eigenvalue weighted by molar-refractivity contribution is -0.274. The second kappa shape index (κ2) is 4.83. The number of hydrogen-bond donors (Lipinski definition) is 1. The van der Waals surface area contributed by atoms with E-state index in [1.807, 2.05) is 6.92 Å². The molecule has 0 amide bonds. The average Bonchev–Trinajstić information content (AvgIpc) is 2.69. The molecule has 0 atom stereocenters. The Morgan fingerprint density at radius 3 is 2.37 bits per heavy atom. The summed E-state index contributed by atoms with van der Waals surface area (Å²) in [6.45, 7) is 2.59. The zero-order valence-electron chi connectivity index (χ0n) is 10.1. The molecule has 1 aromatic heterocycles. The third-order valence-electron chi connectivity index (χ3n) is 2.58. The molecule has 0 saturated carbocycles. The van der Waals surface area contributed by atoms with Gasteiger partial charge >= 0.3 is 6.36 Å². The van der Waals surface area contributed by atoms with Gasteiger partial charge in [-0.1, -0.05) is 0 Å². The van der Waals surface area contributed by atoms with E-state index in [1.54, 1.807) is 10.9 Å². The third-order valence-corrected chi connectivity index (χ3v) is 2.58. The Kier molecular flexibility index (Phi) is 3.37. The number of nitrogens with zero attached hydrogens (tertiary/aromatic N) is 2. The van der Waals surface area contributed by atoms with E-state index in [0.29, 0.717) is 23.6 Å². The number of halogens is 3. The summed E-state index contributed by atoms with van der Waals surface area (Å²) in [6.07, 6.45) is -3.10. The van der Waals surface area contributed by atoms with E-state index in [9.17, 15) is 13.2 Å². The van der Waals surface area contributed by atoms with E-state index in [4.69, 9.17) is 5.73 Å². The fraction of sp³-hybridized carbons (Fsp3) is 0.250. The fourth-order valence-corrected chi connectivity index (χ4v) is 1.68. The molecular formula is C12H12F3N3O. The van der Waals surface area contributed by atoms with Crippen molar-refractivity contribution in [1.82, 2.24) is 9.55 Å². The number of nitrogens with two attached hydrogens (primary N) is 1. The van der Waals surface area contributed by atoms with Crippen molar-refractivity contribution in [3.8, 4) is 17.0 Å². The molecule has 1 heterocycles. The van der Waals surface area contributed by atoms with Gasteiger partial charge in [-0.3, -0.25) is 0 Å². The second-order valence-electron chi connectivity index (χ2n) is 3.84. The van der Waals surface area contributed by atoms with Crippen molar-refractivity contribution in [3.63, 3.8) is 0 Å². The van der Waals surface area contributed by atoms with E-state index in [1.165, 1.54) is 24.3 Å². The molecule has 0 unspecified atom stereocenters. The number of aryl methyl sites for hydroxylation is 1. The molecule has 0 fully saturated rings. The number of rotatable bonds is 3. The Labute approximate surface area is 107 Å². The van der Waals surface area contributed by atoms with Crippen molar-refractivity contribution in [2.45, 2.75) is 19.8 Å². The number of imidazole rings is 1. The molecular weight excluding hydrogens is 259 g/mol. The molecule has 0 aliphatic rings. The first-order valence-electron chi connectivity index (χ1n) is 5.57. The van der Waals surface area contributed by atoms with Crippen LogP contribution in [0.25, 0.3) is 11.3 Å². The number of anilines is 1. The van der Waals surface area contributed by atoms with Crippen LogP contribution in [-0.4, -0.2) is 15.9 Å². The maximum absolute atomic E-state index is 12.0. The van der Waals surface area contributed by atoms with Crippen molar-refractivity contribution in [3.05, 3.63) is 30.6 Å². The summed E-state index contributed by atoms with van der Waals surface area (Å²) in [5.74, 6) is 0.205. The minimum atomic E-state index is -4.69. The fourth-order valence-electron chi connectivity index (χ4n) is 1.68. The monoisotopic (exact) mass is 271 g/mol. The molecule has 2 N–H and O–H groups in total. The van der Waals surface area contributed by atoms with Crippen molar-refractivity contribution in [2.75, 3.05) is 5.73 Å². The maximum atomic E-state index is 12.0. The van der Waals surface area contributed by atoms with Crippen LogP contribution in [0.1, 0.15) is 6.92 Å². The Bertz CT molecular complexity index is 561. The topological polar surface area (TPSA) is 53.1 Å². The molecule has 0 bridgehead atoms. The predicted molar refractivity (Wildman–Crippen MR) is 64.4 cm³/mol. The molecule has 19 heavy (non-hydrogen) atoms. The van der Waals surface area contributed by atoms with E-state index >= 15 is 0 Å². The van der Waals surface area contributed by atoms with Gasteiger partial charge in [0.25, 0.3) is 0 Å². The van der Waals surface area contributed by atoms with Crippen molar-refractivity contribution in [1.29, 1.82) is 0 Å². The smallest absolute Gasteiger partial charge is 0.406 e. The number of hydrogen-bond acceptors (Lipinski definition) is 3. The summed E-state index contributed by atoms with van der Waals surface area (Å²) in [5.41, 5.74) is 7.06. The van der Waals surface area contributed by atoms with Gasteiger partial charge in [-0.05, 0) is 31.2 Å². The second-order valence-corrected chi connectivity index (χ2v) is 3.84. The van der Waals surface area contributed by atoms with Gasteiger partial charge in [0.05, 0.1) is 6.33 Å². The van der Waals surface area contributed by atoms with Crippen LogP contribution in [0.15, 0.2) is 30.6 Å². The minimum absolute atomic E-state index is 0.273. The Hall–Kier alpha value is -2.18. The quantitative estimate of drug-likeness (QED) is 0.933. The molecule has 2 aromatic rings. The van der Waals surface area contributed by atoms with Crippen LogP contribution >= 0.6 is 0 Å². The van der Waals surface area contributed by atoms with Gasteiger partial charge in [-0.15, -0.1) is 13.2 Å². The van der Waals surface area contributed by atoms with Crippen LogP contribution in [-0.2, 0) is 6.54 Å². The van der Waals surface area contributed by atoms with Crippen LogP contribution in [0, 0.1) is 0 Å². The predicted octanol–water partition coefficient (Wildman–Crippen LogP) is 3.05. The standard InChI is InChI=1S/C12H12F3N3O/c1-2-18-7-17-10(11(18)16)8-3-5-9(6-4-8)19-12(13,14)15/h3-7H,2,16H2,1H3. The molecule has 2 rings (SSSR count). The third kappa shape index (κ3) is 2.98. The maximum Gasteiger partial charge on any atom is 0.573 e. The summed E-state index contributed by atoms with van der Waals surface area (Å²) in [4.78, 5) is 4.14. The highest BCUT2D eigenvalue weighted by atomic mass is 19.4. The van der Waals surface area contributed by atoms with Crippen LogP contribution in [0.3, 0.4) is 0 Å². The molecule has 0 aliphatic carbocycles. The van der Waals surface area contributed by atoms with Gasteiger partial charge in [0.1, 0.15) is 17.3 Å². The van der Waals surface area contributed by atoms with Gasteiger partial charge in [-0.2, -0.15) is 0 Å². The van der Waals surface area contributed by atoms with Crippen LogP contribution in [0.4, 0.5) is 19.0 Å². The largest absolute Gasteiger partial charge is 0.573 e. The van der Waals surface area contributed by atoms with Gasteiger partial charge in [-0.25, -0.2) is 4.98 Å². The zero-order valence-corrected chi connectivity index (χ0v) is 10.1. The molecule has 0 spiro atoms. The number of alkyl halides is 3. The Morgan fingerprint density at radius 1 is 1.26 bits per heavy atom. The van der Waals surface area contributed by atoms with Gasteiger partial charge in [0.2, 0.25) is 0 Å². The highest BCUT2D eigenvalue weighted by Crippen LogP contribution is 2.28. The van der Waals surface area contributed by atoms with E-state index in [2.05, 4.69) is 9.72 Å². The van der Waals surface area contributed by atoms with Crippen LogP contribution in [0.5, 0.6) is 5.75 Å². The van der Waals surface area contributed by atoms with Crippen molar-refractivity contribution < 1.29 is 17.9 Å². The Balaban J connectivity index is 2.25. The van der Waals surface area contributed by atoms with Gasteiger partial charge in [0, 0.05) is 12.1 Å². The van der Waals surface area contributed by atoms with E-state index in [-0.39, 0.29) is 5.75 Å². The van der Waals surface area contributed by atoms with Crippen LogP contribution < -0.4 is 10.5 Å². The molecule has 0 radical (unpaired) electrons.